The summed E-state index contributed by atoms with van der Waals surface area (Å²) in [5, 5.41) is 8.04. The van der Waals surface area contributed by atoms with Gasteiger partial charge >= 0.3 is 0 Å². The maximum absolute atomic E-state index is 13.0. The second-order valence-corrected chi connectivity index (χ2v) is 8.24. The third kappa shape index (κ3) is 3.55. The second kappa shape index (κ2) is 7.62. The van der Waals surface area contributed by atoms with Crippen LogP contribution in [0.4, 0.5) is 0 Å². The first-order valence-corrected chi connectivity index (χ1v) is 10.3. The highest BCUT2D eigenvalue weighted by Crippen LogP contribution is 2.24. The molecule has 1 amide bonds. The highest BCUT2D eigenvalue weighted by molar-refractivity contribution is 5.78. The second-order valence-electron chi connectivity index (χ2n) is 8.24. The van der Waals surface area contributed by atoms with Crippen molar-refractivity contribution in [2.45, 2.75) is 66.1 Å². The Labute approximate surface area is 166 Å². The van der Waals surface area contributed by atoms with Gasteiger partial charge in [-0.05, 0) is 45.7 Å². The predicted molar refractivity (Wildman–Crippen MR) is 107 cm³/mol. The van der Waals surface area contributed by atoms with Gasteiger partial charge in [-0.25, -0.2) is 9.97 Å². The minimum atomic E-state index is -0.109. The first kappa shape index (κ1) is 19.1. The minimum Gasteiger partial charge on any atom is -0.338 e. The van der Waals surface area contributed by atoms with Crippen LogP contribution in [0.2, 0.25) is 0 Å². The predicted octanol–water partition coefficient (Wildman–Crippen LogP) is 2.24. The van der Waals surface area contributed by atoms with Crippen molar-refractivity contribution < 1.29 is 4.79 Å². The summed E-state index contributed by atoms with van der Waals surface area (Å²) in [5.41, 5.74) is 5.56. The number of hydrogen-bond acceptors (Lipinski definition) is 5. The number of hydrogen-bond donors (Lipinski definition) is 1. The van der Waals surface area contributed by atoms with E-state index in [-0.39, 0.29) is 17.9 Å². The molecule has 150 valence electrons. The van der Waals surface area contributed by atoms with Gasteiger partial charge in [0.2, 0.25) is 5.91 Å². The molecule has 4 rings (SSSR count). The van der Waals surface area contributed by atoms with Crippen molar-refractivity contribution in [1.82, 2.24) is 30.0 Å². The number of aryl methyl sites for hydroxylation is 1. The van der Waals surface area contributed by atoms with Crippen LogP contribution in [0.1, 0.15) is 59.8 Å². The molecule has 1 saturated heterocycles. The Hall–Kier alpha value is -2.28. The summed E-state index contributed by atoms with van der Waals surface area (Å²) >= 11 is 0. The molecule has 0 radical (unpaired) electrons. The van der Waals surface area contributed by atoms with Crippen LogP contribution < -0.4 is 5.32 Å². The van der Waals surface area contributed by atoms with Gasteiger partial charge in [0.25, 0.3) is 0 Å². The van der Waals surface area contributed by atoms with Crippen molar-refractivity contribution in [3.05, 3.63) is 40.2 Å². The quantitative estimate of drug-likeness (QED) is 0.878. The molecule has 0 spiro atoms. The van der Waals surface area contributed by atoms with Gasteiger partial charge in [0.05, 0.1) is 29.9 Å². The summed E-state index contributed by atoms with van der Waals surface area (Å²) in [4.78, 5) is 24.4. The molecule has 0 bridgehead atoms. The van der Waals surface area contributed by atoms with E-state index in [9.17, 15) is 4.79 Å². The van der Waals surface area contributed by atoms with Gasteiger partial charge in [-0.1, -0.05) is 6.92 Å². The number of aromatic nitrogens is 4. The van der Waals surface area contributed by atoms with Gasteiger partial charge in [-0.3, -0.25) is 9.48 Å². The number of carbonyl (C=O) groups is 1. The SMILES string of the molecule is Cc1nn(C[C@@H](C)C(=O)N2CCc3nc([C@H]4CCCN4)ncc3C2)c(C)c1C. The number of amides is 1. The zero-order chi connectivity index (χ0) is 19.8. The van der Waals surface area contributed by atoms with E-state index in [4.69, 9.17) is 4.98 Å². The number of nitrogens with one attached hydrogen (secondary N) is 1. The van der Waals surface area contributed by atoms with Crippen molar-refractivity contribution in [2.75, 3.05) is 13.1 Å². The average Bonchev–Trinajstić information content (AvgIpc) is 3.32. The Morgan fingerprint density at radius 1 is 1.36 bits per heavy atom. The maximum Gasteiger partial charge on any atom is 0.227 e. The molecule has 1 N–H and O–H groups in total. The van der Waals surface area contributed by atoms with Crippen LogP contribution in [0.3, 0.4) is 0 Å². The average molecular weight is 383 g/mol. The Morgan fingerprint density at radius 3 is 2.86 bits per heavy atom. The van der Waals surface area contributed by atoms with E-state index >= 15 is 0 Å². The van der Waals surface area contributed by atoms with Crippen LogP contribution >= 0.6 is 0 Å². The normalized spacial score (nSPS) is 20.3. The first-order valence-electron chi connectivity index (χ1n) is 10.3. The number of rotatable bonds is 4. The summed E-state index contributed by atoms with van der Waals surface area (Å²) in [6, 6.07) is 0.286. The lowest BCUT2D eigenvalue weighted by Crippen LogP contribution is -2.40. The molecule has 4 heterocycles. The van der Waals surface area contributed by atoms with Gasteiger partial charge in [0.1, 0.15) is 5.82 Å². The van der Waals surface area contributed by atoms with Gasteiger partial charge in [-0.2, -0.15) is 5.10 Å². The molecule has 28 heavy (non-hydrogen) atoms. The molecule has 7 nitrogen and oxygen atoms in total. The summed E-state index contributed by atoms with van der Waals surface area (Å²) in [7, 11) is 0. The molecule has 2 atom stereocenters. The molecular weight excluding hydrogens is 352 g/mol. The summed E-state index contributed by atoms with van der Waals surface area (Å²) in [6.45, 7) is 11.1. The van der Waals surface area contributed by atoms with Crippen LogP contribution in [0.15, 0.2) is 6.20 Å². The Bertz CT molecular complexity index is 883. The van der Waals surface area contributed by atoms with Gasteiger partial charge in [0, 0.05) is 37.0 Å². The summed E-state index contributed by atoms with van der Waals surface area (Å²) < 4.78 is 1.97. The minimum absolute atomic E-state index is 0.109. The lowest BCUT2D eigenvalue weighted by molar-refractivity contribution is -0.136. The third-order valence-electron chi connectivity index (χ3n) is 6.25. The van der Waals surface area contributed by atoms with Crippen molar-refractivity contribution in [1.29, 1.82) is 0 Å². The van der Waals surface area contributed by atoms with E-state index < -0.39 is 0 Å². The smallest absolute Gasteiger partial charge is 0.227 e. The summed E-state index contributed by atoms with van der Waals surface area (Å²) in [6.07, 6.45) is 5.01. The topological polar surface area (TPSA) is 75.9 Å². The maximum atomic E-state index is 13.0. The Kier molecular flexibility index (Phi) is 5.19. The van der Waals surface area contributed by atoms with Crippen LogP contribution in [0.5, 0.6) is 0 Å². The summed E-state index contributed by atoms with van der Waals surface area (Å²) in [5.74, 6) is 0.975. The zero-order valence-electron chi connectivity index (χ0n) is 17.3. The van der Waals surface area contributed by atoms with E-state index in [0.717, 1.165) is 54.4 Å². The van der Waals surface area contributed by atoms with Crippen LogP contribution in [-0.2, 0) is 24.3 Å². The standard InChI is InChI=1S/C21H30N6O/c1-13(11-27-16(4)14(2)15(3)25-27)21(28)26-9-7-18-17(12-26)10-23-20(24-18)19-6-5-8-22-19/h10,13,19,22H,5-9,11-12H2,1-4H3/t13-,19-/m1/s1. The van der Waals surface area contributed by atoms with Crippen molar-refractivity contribution in [3.8, 4) is 0 Å². The molecule has 2 aromatic rings. The fourth-order valence-corrected chi connectivity index (χ4v) is 4.21. The van der Waals surface area contributed by atoms with Gasteiger partial charge in [-0.15, -0.1) is 0 Å². The third-order valence-corrected chi connectivity index (χ3v) is 6.25. The number of carbonyl (C=O) groups excluding carboxylic acids is 1. The van der Waals surface area contributed by atoms with Crippen LogP contribution in [0.25, 0.3) is 0 Å². The fraction of sp³-hybridized carbons (Fsp3) is 0.619. The van der Waals surface area contributed by atoms with Crippen molar-refractivity contribution in [2.24, 2.45) is 5.92 Å². The molecule has 2 aliphatic rings. The van der Waals surface area contributed by atoms with Crippen LogP contribution in [0, 0.1) is 26.7 Å². The monoisotopic (exact) mass is 382 g/mol. The largest absolute Gasteiger partial charge is 0.338 e. The fourth-order valence-electron chi connectivity index (χ4n) is 4.21. The van der Waals surface area contributed by atoms with E-state index in [1.807, 2.05) is 29.6 Å². The van der Waals surface area contributed by atoms with E-state index in [2.05, 4.69) is 29.2 Å². The van der Waals surface area contributed by atoms with Crippen molar-refractivity contribution >= 4 is 5.91 Å². The molecule has 0 unspecified atom stereocenters. The molecule has 0 aliphatic carbocycles. The van der Waals surface area contributed by atoms with E-state index in [1.54, 1.807) is 0 Å². The van der Waals surface area contributed by atoms with Crippen LogP contribution in [-0.4, -0.2) is 43.6 Å². The molecule has 0 saturated carbocycles. The molecule has 1 fully saturated rings. The number of fused-ring (bicyclic) bond motifs is 1. The number of nitrogens with zero attached hydrogens (tertiary/aromatic N) is 5. The first-order chi connectivity index (χ1) is 13.4. The highest BCUT2D eigenvalue weighted by atomic mass is 16.2. The Morgan fingerprint density at radius 2 is 2.18 bits per heavy atom. The van der Waals surface area contributed by atoms with Gasteiger partial charge < -0.3 is 10.2 Å². The molecule has 2 aliphatic heterocycles. The molecular formula is C21H30N6O. The molecule has 2 aromatic heterocycles. The van der Waals surface area contributed by atoms with E-state index in [0.29, 0.717) is 13.1 Å². The molecule has 0 aromatic carbocycles. The lowest BCUT2D eigenvalue weighted by atomic mass is 10.0. The zero-order valence-corrected chi connectivity index (χ0v) is 17.3. The molecule has 7 heteroatoms. The lowest BCUT2D eigenvalue weighted by Gasteiger charge is -2.30. The van der Waals surface area contributed by atoms with Crippen molar-refractivity contribution in [3.63, 3.8) is 0 Å². The highest BCUT2D eigenvalue weighted by Gasteiger charge is 2.28. The Balaban J connectivity index is 1.43. The van der Waals surface area contributed by atoms with Gasteiger partial charge in [0.15, 0.2) is 0 Å². The van der Waals surface area contributed by atoms with E-state index in [1.165, 1.54) is 12.0 Å².